The Labute approximate surface area is 272 Å². The van der Waals surface area contributed by atoms with E-state index in [0.717, 1.165) is 5.56 Å². The first-order valence-corrected chi connectivity index (χ1v) is 16.0. The lowest BCUT2D eigenvalue weighted by molar-refractivity contribution is -0.0210. The average molecular weight is 638 g/mol. The highest BCUT2D eigenvalue weighted by Gasteiger charge is 2.28. The van der Waals surface area contributed by atoms with Crippen LogP contribution in [-0.4, -0.2) is 105 Å². The maximum Gasteiger partial charge on any atom is 0.407 e. The van der Waals surface area contributed by atoms with E-state index < -0.39 is 6.09 Å². The van der Waals surface area contributed by atoms with Crippen LogP contribution in [0.2, 0.25) is 0 Å². The molecule has 0 saturated heterocycles. The maximum atomic E-state index is 12.2. The summed E-state index contributed by atoms with van der Waals surface area (Å²) in [5, 5.41) is 2.74. The average Bonchev–Trinajstić information content (AvgIpc) is 3.41. The SMILES string of the molecule is O=C(NCCOCCOCCOCCOCCOCCOCCOCc1ccccc1)OCC1c2ccccc2-c2ccccc21. The van der Waals surface area contributed by atoms with Crippen molar-refractivity contribution >= 4 is 6.09 Å². The summed E-state index contributed by atoms with van der Waals surface area (Å²) in [6.45, 7) is 7.64. The van der Waals surface area contributed by atoms with Crippen LogP contribution in [0.5, 0.6) is 0 Å². The Balaban J connectivity index is 0.849. The largest absolute Gasteiger partial charge is 0.449 e. The number of carbonyl (C=O) groups excluding carboxylic acids is 1. The Morgan fingerprint density at radius 2 is 0.913 bits per heavy atom. The van der Waals surface area contributed by atoms with Gasteiger partial charge in [-0.1, -0.05) is 78.9 Å². The first kappa shape index (κ1) is 35.5. The summed E-state index contributed by atoms with van der Waals surface area (Å²) in [5.74, 6) is 0.0429. The normalized spacial score (nSPS) is 12.2. The third-order valence-corrected chi connectivity index (χ3v) is 7.20. The summed E-state index contributed by atoms with van der Waals surface area (Å²) in [6.07, 6.45) is -0.447. The topological polar surface area (TPSA) is 103 Å². The van der Waals surface area contributed by atoms with Crippen molar-refractivity contribution in [3.63, 3.8) is 0 Å². The van der Waals surface area contributed by atoms with Gasteiger partial charge < -0.3 is 43.2 Å². The van der Waals surface area contributed by atoms with Crippen molar-refractivity contribution in [3.8, 4) is 11.1 Å². The van der Waals surface area contributed by atoms with Crippen molar-refractivity contribution in [2.24, 2.45) is 0 Å². The van der Waals surface area contributed by atoms with Crippen molar-refractivity contribution in [2.75, 3.05) is 99.0 Å². The smallest absolute Gasteiger partial charge is 0.407 e. The highest BCUT2D eigenvalue weighted by molar-refractivity contribution is 5.79. The van der Waals surface area contributed by atoms with Crippen LogP contribution in [0.4, 0.5) is 4.79 Å². The van der Waals surface area contributed by atoms with Crippen molar-refractivity contribution in [1.82, 2.24) is 5.32 Å². The maximum absolute atomic E-state index is 12.2. The number of nitrogens with one attached hydrogen (secondary N) is 1. The van der Waals surface area contributed by atoms with Gasteiger partial charge in [-0.3, -0.25) is 0 Å². The fourth-order valence-electron chi connectivity index (χ4n) is 4.96. The van der Waals surface area contributed by atoms with E-state index in [1.165, 1.54) is 22.3 Å². The Kier molecular flexibility index (Phi) is 17.2. The van der Waals surface area contributed by atoms with E-state index in [1.807, 2.05) is 54.6 Å². The molecule has 10 nitrogen and oxygen atoms in total. The van der Waals surface area contributed by atoms with Gasteiger partial charge in [0.15, 0.2) is 0 Å². The third kappa shape index (κ3) is 13.2. The first-order valence-electron chi connectivity index (χ1n) is 16.0. The van der Waals surface area contributed by atoms with Gasteiger partial charge in [-0.2, -0.15) is 0 Å². The summed E-state index contributed by atoms with van der Waals surface area (Å²) in [4.78, 5) is 12.2. The lowest BCUT2D eigenvalue weighted by atomic mass is 9.98. The first-order chi connectivity index (χ1) is 22.8. The molecule has 10 heteroatoms. The fourth-order valence-corrected chi connectivity index (χ4v) is 4.96. The molecule has 1 amide bonds. The molecule has 0 fully saturated rings. The molecule has 250 valence electrons. The molecule has 1 aliphatic carbocycles. The minimum atomic E-state index is -0.447. The van der Waals surface area contributed by atoms with Gasteiger partial charge in [-0.05, 0) is 27.8 Å². The molecule has 46 heavy (non-hydrogen) atoms. The van der Waals surface area contributed by atoms with Crippen LogP contribution >= 0.6 is 0 Å². The number of carbonyl (C=O) groups is 1. The molecule has 1 aliphatic rings. The molecule has 0 atom stereocenters. The number of hydrogen-bond acceptors (Lipinski definition) is 9. The molecule has 1 N–H and O–H groups in total. The number of rotatable bonds is 25. The van der Waals surface area contributed by atoms with Crippen molar-refractivity contribution in [2.45, 2.75) is 12.5 Å². The Morgan fingerprint density at radius 1 is 0.500 bits per heavy atom. The van der Waals surface area contributed by atoms with Gasteiger partial charge in [0, 0.05) is 12.5 Å². The summed E-state index contributed by atoms with van der Waals surface area (Å²) >= 11 is 0. The van der Waals surface area contributed by atoms with Crippen molar-refractivity contribution in [3.05, 3.63) is 95.6 Å². The number of amides is 1. The molecule has 0 aromatic heterocycles. The molecule has 0 heterocycles. The molecule has 0 radical (unpaired) electrons. The highest BCUT2D eigenvalue weighted by atomic mass is 16.6. The molecule has 0 unspecified atom stereocenters. The fraction of sp³-hybridized carbons (Fsp3) is 0.472. The van der Waals surface area contributed by atoms with E-state index in [2.05, 4.69) is 29.6 Å². The second-order valence-electron chi connectivity index (χ2n) is 10.5. The van der Waals surface area contributed by atoms with Crippen LogP contribution < -0.4 is 5.32 Å². The summed E-state index contributed by atoms with van der Waals surface area (Å²) in [5.41, 5.74) is 5.94. The van der Waals surface area contributed by atoms with Crippen molar-refractivity contribution < 1.29 is 42.7 Å². The molecule has 3 aromatic rings. The lowest BCUT2D eigenvalue weighted by Crippen LogP contribution is -2.29. The van der Waals surface area contributed by atoms with Gasteiger partial charge in [0.1, 0.15) is 6.61 Å². The molecule has 0 spiro atoms. The number of ether oxygens (including phenoxy) is 8. The predicted octanol–water partition coefficient (Wildman–Crippen LogP) is 4.84. The van der Waals surface area contributed by atoms with Gasteiger partial charge >= 0.3 is 6.09 Å². The van der Waals surface area contributed by atoms with E-state index in [1.54, 1.807) is 0 Å². The molecular weight excluding hydrogens is 590 g/mol. The lowest BCUT2D eigenvalue weighted by Gasteiger charge is -2.14. The third-order valence-electron chi connectivity index (χ3n) is 7.20. The van der Waals surface area contributed by atoms with Crippen LogP contribution in [0, 0.1) is 0 Å². The monoisotopic (exact) mass is 637 g/mol. The minimum absolute atomic E-state index is 0.0429. The number of hydrogen-bond donors (Lipinski definition) is 1. The molecular formula is C36H47NO9. The van der Waals surface area contributed by atoms with Crippen LogP contribution in [0.1, 0.15) is 22.6 Å². The molecule has 4 rings (SSSR count). The van der Waals surface area contributed by atoms with Crippen molar-refractivity contribution in [1.29, 1.82) is 0 Å². The quantitative estimate of drug-likeness (QED) is 0.131. The molecule has 0 aliphatic heterocycles. The number of alkyl carbamates (subject to hydrolysis) is 1. The molecule has 0 saturated carbocycles. The Hall–Kier alpha value is -3.35. The van der Waals surface area contributed by atoms with Gasteiger partial charge in [-0.25, -0.2) is 4.79 Å². The standard InChI is InChI=1S/C36H47NO9/c38-36(46-29-35-33-12-6-4-10-31(33)32-11-5-7-13-34(32)35)37-14-15-39-16-17-40-18-19-41-20-21-42-22-23-43-24-25-44-26-27-45-28-30-8-2-1-3-9-30/h1-13,35H,14-29H2,(H,37,38). The van der Waals surface area contributed by atoms with Crippen LogP contribution in [-0.2, 0) is 44.5 Å². The summed E-state index contributed by atoms with van der Waals surface area (Å²) < 4.78 is 44.1. The van der Waals surface area contributed by atoms with Gasteiger partial charge in [-0.15, -0.1) is 0 Å². The van der Waals surface area contributed by atoms with E-state index in [9.17, 15) is 4.79 Å². The highest BCUT2D eigenvalue weighted by Crippen LogP contribution is 2.44. The zero-order valence-corrected chi connectivity index (χ0v) is 26.6. The van der Waals surface area contributed by atoms with Crippen LogP contribution in [0.15, 0.2) is 78.9 Å². The second-order valence-corrected chi connectivity index (χ2v) is 10.5. The summed E-state index contributed by atoms with van der Waals surface area (Å²) in [7, 11) is 0. The predicted molar refractivity (Wildman–Crippen MR) is 174 cm³/mol. The van der Waals surface area contributed by atoms with E-state index in [4.69, 9.17) is 37.9 Å². The van der Waals surface area contributed by atoms with E-state index in [-0.39, 0.29) is 5.92 Å². The second kappa shape index (κ2) is 22.2. The van der Waals surface area contributed by atoms with Gasteiger partial charge in [0.2, 0.25) is 0 Å². The van der Waals surface area contributed by atoms with Crippen LogP contribution in [0.25, 0.3) is 11.1 Å². The number of fused-ring (bicyclic) bond motifs is 3. The Morgan fingerprint density at radius 3 is 1.41 bits per heavy atom. The van der Waals surface area contributed by atoms with Gasteiger partial charge in [0.05, 0.1) is 92.5 Å². The summed E-state index contributed by atoms with van der Waals surface area (Å²) in [6, 6.07) is 26.6. The minimum Gasteiger partial charge on any atom is -0.449 e. The molecule has 3 aromatic carbocycles. The van der Waals surface area contributed by atoms with E-state index >= 15 is 0 Å². The molecule has 0 bridgehead atoms. The Bertz CT molecular complexity index is 1200. The van der Waals surface area contributed by atoms with Gasteiger partial charge in [0.25, 0.3) is 0 Å². The number of benzene rings is 3. The van der Waals surface area contributed by atoms with Crippen LogP contribution in [0.3, 0.4) is 0 Å². The zero-order valence-electron chi connectivity index (χ0n) is 26.6. The van der Waals surface area contributed by atoms with E-state index in [0.29, 0.717) is 106 Å². The zero-order chi connectivity index (χ0) is 31.9.